The van der Waals surface area contributed by atoms with E-state index in [1.807, 2.05) is 0 Å². The lowest BCUT2D eigenvalue weighted by molar-refractivity contribution is -0.150. The Bertz CT molecular complexity index is 1180. The maximum absolute atomic E-state index is 13.4. The van der Waals surface area contributed by atoms with Crippen LogP contribution in [0.25, 0.3) is 0 Å². The van der Waals surface area contributed by atoms with E-state index in [1.165, 1.54) is 19.1 Å². The Hall–Kier alpha value is -2.99. The van der Waals surface area contributed by atoms with E-state index in [0.29, 0.717) is 9.87 Å². The van der Waals surface area contributed by atoms with Crippen molar-refractivity contribution in [2.45, 2.75) is 64.1 Å². The Morgan fingerprint density at radius 1 is 0.971 bits per heavy atom. The van der Waals surface area contributed by atoms with E-state index in [9.17, 15) is 26.4 Å². The molecule has 0 saturated carbocycles. The average molecular weight is 510 g/mol. The van der Waals surface area contributed by atoms with Crippen LogP contribution in [0.3, 0.4) is 0 Å². The predicted octanol–water partition coefficient (Wildman–Crippen LogP) is 6.32. The van der Waals surface area contributed by atoms with Crippen molar-refractivity contribution in [1.29, 1.82) is 0 Å². The van der Waals surface area contributed by atoms with Gasteiger partial charge in [-0.3, -0.25) is 0 Å². The largest absolute Gasteiger partial charge is 0.443 e. The Morgan fingerprint density at radius 2 is 1.54 bits per heavy atom. The summed E-state index contributed by atoms with van der Waals surface area (Å²) >= 11 is 0. The van der Waals surface area contributed by atoms with E-state index in [2.05, 4.69) is 11.8 Å². The molecule has 0 N–H and O–H groups in total. The summed E-state index contributed by atoms with van der Waals surface area (Å²) < 4.78 is 72.7. The van der Waals surface area contributed by atoms with Crippen molar-refractivity contribution in [3.05, 3.63) is 65.7 Å². The van der Waals surface area contributed by atoms with Gasteiger partial charge < -0.3 is 4.74 Å². The standard InChI is InChI=1S/C26H30F3NO4S/c1-20-11-13-22(14-12-20)35(32,33)30(23(31)34-24(2,3)4)18-17-25(5,19-26(27,28)29)16-15-21-9-7-6-8-10-21/h6-14H,17-19H2,1-5H3. The van der Waals surface area contributed by atoms with Crippen molar-refractivity contribution >= 4 is 16.1 Å². The molecule has 5 nitrogen and oxygen atoms in total. The zero-order valence-corrected chi connectivity index (χ0v) is 21.3. The summed E-state index contributed by atoms with van der Waals surface area (Å²) in [5, 5.41) is 0. The van der Waals surface area contributed by atoms with E-state index in [0.717, 1.165) is 5.56 Å². The van der Waals surface area contributed by atoms with Crippen molar-refractivity contribution in [2.75, 3.05) is 6.54 Å². The van der Waals surface area contributed by atoms with Gasteiger partial charge in [-0.1, -0.05) is 47.7 Å². The number of sulfonamides is 1. The second-order valence-corrected chi connectivity index (χ2v) is 11.5. The topological polar surface area (TPSA) is 63.7 Å². The van der Waals surface area contributed by atoms with Gasteiger partial charge in [-0.25, -0.2) is 17.5 Å². The maximum Gasteiger partial charge on any atom is 0.424 e. The molecule has 1 amide bonds. The van der Waals surface area contributed by atoms with Crippen LogP contribution < -0.4 is 0 Å². The van der Waals surface area contributed by atoms with Gasteiger partial charge in [-0.2, -0.15) is 13.2 Å². The summed E-state index contributed by atoms with van der Waals surface area (Å²) in [7, 11) is -4.39. The molecule has 0 radical (unpaired) electrons. The Balaban J connectivity index is 2.44. The fourth-order valence-electron chi connectivity index (χ4n) is 3.19. The van der Waals surface area contributed by atoms with Gasteiger partial charge in [0.15, 0.2) is 0 Å². The summed E-state index contributed by atoms with van der Waals surface area (Å²) in [5.74, 6) is 5.41. The molecule has 2 aromatic rings. The average Bonchev–Trinajstić information content (AvgIpc) is 2.71. The number of hydrogen-bond donors (Lipinski definition) is 0. The van der Waals surface area contributed by atoms with Crippen LogP contribution in [0, 0.1) is 24.2 Å². The van der Waals surface area contributed by atoms with E-state index in [-0.39, 0.29) is 11.3 Å². The fourth-order valence-corrected chi connectivity index (χ4v) is 4.49. The third-order valence-corrected chi connectivity index (χ3v) is 6.73. The van der Waals surface area contributed by atoms with Gasteiger partial charge in [0.2, 0.25) is 0 Å². The highest BCUT2D eigenvalue weighted by atomic mass is 32.2. The van der Waals surface area contributed by atoms with Crippen LogP contribution in [0.15, 0.2) is 59.5 Å². The van der Waals surface area contributed by atoms with Crippen LogP contribution in [0.2, 0.25) is 0 Å². The van der Waals surface area contributed by atoms with Crippen molar-refractivity contribution in [3.8, 4) is 11.8 Å². The molecule has 0 bridgehead atoms. The molecule has 0 saturated heterocycles. The van der Waals surface area contributed by atoms with Crippen molar-refractivity contribution < 1.29 is 31.1 Å². The summed E-state index contributed by atoms with van der Waals surface area (Å²) in [5.41, 5.74) is -1.34. The molecule has 35 heavy (non-hydrogen) atoms. The molecule has 0 fully saturated rings. The van der Waals surface area contributed by atoms with Crippen LogP contribution in [0.1, 0.15) is 51.7 Å². The zero-order chi connectivity index (χ0) is 26.5. The predicted molar refractivity (Wildman–Crippen MR) is 128 cm³/mol. The first-order valence-corrected chi connectivity index (χ1v) is 12.4. The highest BCUT2D eigenvalue weighted by Gasteiger charge is 2.41. The number of nitrogens with zero attached hydrogens (tertiary/aromatic N) is 1. The van der Waals surface area contributed by atoms with Crippen LogP contribution in [0.5, 0.6) is 0 Å². The van der Waals surface area contributed by atoms with Crippen LogP contribution in [-0.2, 0) is 14.8 Å². The number of carbonyl (C=O) groups excluding carboxylic acids is 1. The smallest absolute Gasteiger partial charge is 0.424 e. The van der Waals surface area contributed by atoms with E-state index < -0.39 is 46.3 Å². The molecular weight excluding hydrogens is 479 g/mol. The van der Waals surface area contributed by atoms with E-state index in [4.69, 9.17) is 4.74 Å². The number of aryl methyl sites for hydroxylation is 1. The third-order valence-electron chi connectivity index (χ3n) is 4.95. The van der Waals surface area contributed by atoms with E-state index in [1.54, 1.807) is 70.2 Å². The number of rotatable bonds is 6. The molecule has 2 aromatic carbocycles. The SMILES string of the molecule is Cc1ccc(S(=O)(=O)N(CCC(C)(C#Cc2ccccc2)CC(F)(F)F)C(=O)OC(C)(C)C)cc1. The number of ether oxygens (including phenoxy) is 1. The number of hydrogen-bond acceptors (Lipinski definition) is 4. The van der Waals surface area contributed by atoms with Crippen molar-refractivity contribution in [2.24, 2.45) is 5.41 Å². The molecule has 190 valence electrons. The molecule has 9 heteroatoms. The summed E-state index contributed by atoms with van der Waals surface area (Å²) in [6, 6.07) is 14.3. The second-order valence-electron chi connectivity index (χ2n) is 9.59. The Kier molecular flexibility index (Phi) is 8.66. The first-order chi connectivity index (χ1) is 16.0. The minimum absolute atomic E-state index is 0.165. The first-order valence-electron chi connectivity index (χ1n) is 11.0. The highest BCUT2D eigenvalue weighted by Crippen LogP contribution is 2.36. The van der Waals surface area contributed by atoms with Crippen molar-refractivity contribution in [3.63, 3.8) is 0 Å². The van der Waals surface area contributed by atoms with Crippen molar-refractivity contribution in [1.82, 2.24) is 4.31 Å². The van der Waals surface area contributed by atoms with E-state index >= 15 is 0 Å². The summed E-state index contributed by atoms with van der Waals surface area (Å²) in [6.45, 7) is 7.25. The molecule has 0 aliphatic carbocycles. The molecular formula is C26H30F3NO4S. The molecule has 0 aliphatic heterocycles. The van der Waals surface area contributed by atoms with Gasteiger partial charge in [0.1, 0.15) is 5.60 Å². The Morgan fingerprint density at radius 3 is 2.06 bits per heavy atom. The quantitative estimate of drug-likeness (QED) is 0.428. The van der Waals surface area contributed by atoms with Gasteiger partial charge in [0, 0.05) is 17.5 Å². The molecule has 1 unspecified atom stereocenters. The Labute approximate surface area is 205 Å². The van der Waals surface area contributed by atoms with Gasteiger partial charge >= 0.3 is 12.3 Å². The lowest BCUT2D eigenvalue weighted by Gasteiger charge is -2.30. The minimum Gasteiger partial charge on any atom is -0.443 e. The molecule has 0 heterocycles. The van der Waals surface area contributed by atoms with Crippen LogP contribution in [-0.4, -0.2) is 37.1 Å². The van der Waals surface area contributed by atoms with Crippen LogP contribution in [0.4, 0.5) is 18.0 Å². The highest BCUT2D eigenvalue weighted by molar-refractivity contribution is 7.89. The fraction of sp³-hybridized carbons (Fsp3) is 0.423. The molecule has 0 spiro atoms. The number of halogens is 3. The lowest BCUT2D eigenvalue weighted by Crippen LogP contribution is -2.42. The summed E-state index contributed by atoms with van der Waals surface area (Å²) in [4.78, 5) is 12.7. The van der Waals surface area contributed by atoms with Gasteiger partial charge in [0.05, 0.1) is 11.3 Å². The second kappa shape index (κ2) is 10.7. The zero-order valence-electron chi connectivity index (χ0n) is 20.4. The maximum atomic E-state index is 13.4. The third kappa shape index (κ3) is 8.95. The minimum atomic E-state index is -4.55. The normalized spacial score (nSPS) is 13.8. The number of amides is 1. The summed E-state index contributed by atoms with van der Waals surface area (Å²) in [6.07, 6.45) is -7.33. The molecule has 0 aliphatic rings. The lowest BCUT2D eigenvalue weighted by atomic mass is 9.83. The monoisotopic (exact) mass is 509 g/mol. The number of benzene rings is 2. The van der Waals surface area contributed by atoms with Gasteiger partial charge in [-0.15, -0.1) is 0 Å². The van der Waals surface area contributed by atoms with Gasteiger partial charge in [-0.05, 0) is 65.3 Å². The number of alkyl halides is 3. The molecule has 1 atom stereocenters. The first kappa shape index (κ1) is 28.2. The molecule has 0 aromatic heterocycles. The number of carbonyl (C=O) groups is 1. The molecule has 2 rings (SSSR count). The van der Waals surface area contributed by atoms with Gasteiger partial charge in [0.25, 0.3) is 10.0 Å². The van der Waals surface area contributed by atoms with Crippen LogP contribution >= 0.6 is 0 Å².